The van der Waals surface area contributed by atoms with Crippen molar-refractivity contribution in [3.63, 3.8) is 0 Å². The van der Waals surface area contributed by atoms with Gasteiger partial charge in [-0.25, -0.2) is 0 Å². The quantitative estimate of drug-likeness (QED) is 0.326. The average Bonchev–Trinajstić information content (AvgIpc) is 2.66. The minimum Gasteiger partial charge on any atom is -0.379 e. The predicted octanol–water partition coefficient (Wildman–Crippen LogP) is 4.06. The Balaban J connectivity index is 2.43. The van der Waals surface area contributed by atoms with Gasteiger partial charge in [0.15, 0.2) is 0 Å². The molecule has 25 heavy (non-hydrogen) atoms. The van der Waals surface area contributed by atoms with Crippen molar-refractivity contribution in [1.29, 1.82) is 0 Å². The first-order chi connectivity index (χ1) is 12.2. The zero-order valence-corrected chi connectivity index (χ0v) is 17.1. The van der Waals surface area contributed by atoms with Gasteiger partial charge in [0.2, 0.25) is 0 Å². The van der Waals surface area contributed by atoms with Gasteiger partial charge in [0.25, 0.3) is 5.97 Å². The fraction of sp³-hybridized carbons (Fsp3) is 1.00. The molecule has 0 bridgehead atoms. The Morgan fingerprint density at radius 2 is 1.40 bits per heavy atom. The molecule has 150 valence electrons. The molecule has 0 N–H and O–H groups in total. The van der Waals surface area contributed by atoms with Gasteiger partial charge in [-0.2, -0.15) is 0 Å². The molecule has 1 aliphatic rings. The highest BCUT2D eigenvalue weighted by atomic mass is 16.9. The predicted molar refractivity (Wildman–Crippen MR) is 102 cm³/mol. The van der Waals surface area contributed by atoms with Gasteiger partial charge in [0, 0.05) is 40.3 Å². The fourth-order valence-electron chi connectivity index (χ4n) is 3.81. The van der Waals surface area contributed by atoms with Crippen molar-refractivity contribution in [2.45, 2.75) is 70.7 Å². The van der Waals surface area contributed by atoms with Gasteiger partial charge >= 0.3 is 0 Å². The van der Waals surface area contributed by atoms with E-state index in [2.05, 4.69) is 11.8 Å². The SMILES string of the molecule is CCCCCCCCC(CCCN1CCOCC1)C(OC)(OC)OC. The maximum absolute atomic E-state index is 5.66. The number of rotatable bonds is 15. The van der Waals surface area contributed by atoms with Crippen LogP contribution < -0.4 is 0 Å². The molecule has 0 aromatic heterocycles. The molecule has 0 spiro atoms. The number of hydrogen-bond donors (Lipinski definition) is 0. The lowest BCUT2D eigenvalue weighted by atomic mass is 9.92. The van der Waals surface area contributed by atoms with Gasteiger partial charge in [-0.3, -0.25) is 4.90 Å². The second-order valence-electron chi connectivity index (χ2n) is 7.07. The Morgan fingerprint density at radius 1 is 0.840 bits per heavy atom. The third-order valence-corrected chi connectivity index (χ3v) is 5.39. The van der Waals surface area contributed by atoms with Gasteiger partial charge in [-0.1, -0.05) is 45.4 Å². The largest absolute Gasteiger partial charge is 0.379 e. The van der Waals surface area contributed by atoms with Crippen LogP contribution in [0.1, 0.15) is 64.7 Å². The molecular weight excluding hydrogens is 318 g/mol. The molecule has 5 nitrogen and oxygen atoms in total. The van der Waals surface area contributed by atoms with E-state index in [0.29, 0.717) is 0 Å². The Hall–Kier alpha value is -0.200. The summed E-state index contributed by atoms with van der Waals surface area (Å²) in [5.74, 6) is -0.645. The summed E-state index contributed by atoms with van der Waals surface area (Å²) in [6, 6.07) is 0. The summed E-state index contributed by atoms with van der Waals surface area (Å²) in [5, 5.41) is 0. The van der Waals surface area contributed by atoms with E-state index in [-0.39, 0.29) is 5.92 Å². The van der Waals surface area contributed by atoms with E-state index >= 15 is 0 Å². The Kier molecular flexibility index (Phi) is 12.7. The lowest BCUT2D eigenvalue weighted by molar-refractivity contribution is -0.380. The summed E-state index contributed by atoms with van der Waals surface area (Å²) in [4.78, 5) is 2.49. The van der Waals surface area contributed by atoms with Crippen LogP contribution in [0.2, 0.25) is 0 Å². The highest BCUT2D eigenvalue weighted by molar-refractivity contribution is 4.73. The van der Waals surface area contributed by atoms with Crippen molar-refractivity contribution in [2.24, 2.45) is 5.92 Å². The highest BCUT2D eigenvalue weighted by Gasteiger charge is 2.39. The molecule has 1 heterocycles. The van der Waals surface area contributed by atoms with Gasteiger partial charge in [-0.15, -0.1) is 0 Å². The molecular formula is C20H41NO4. The summed E-state index contributed by atoms with van der Waals surface area (Å²) < 4.78 is 22.4. The van der Waals surface area contributed by atoms with Gasteiger partial charge in [0.05, 0.1) is 13.2 Å². The van der Waals surface area contributed by atoms with Crippen molar-refractivity contribution < 1.29 is 18.9 Å². The first-order valence-corrected chi connectivity index (χ1v) is 10.2. The highest BCUT2D eigenvalue weighted by Crippen LogP contribution is 2.32. The van der Waals surface area contributed by atoms with E-state index in [9.17, 15) is 0 Å². The average molecular weight is 360 g/mol. The molecule has 0 aromatic carbocycles. The molecule has 1 atom stereocenters. The van der Waals surface area contributed by atoms with Crippen LogP contribution in [0.4, 0.5) is 0 Å². The first-order valence-electron chi connectivity index (χ1n) is 10.2. The van der Waals surface area contributed by atoms with Crippen LogP contribution in [0.3, 0.4) is 0 Å². The number of hydrogen-bond acceptors (Lipinski definition) is 5. The molecule has 1 saturated heterocycles. The molecule has 0 aliphatic carbocycles. The Labute approximate surface area is 155 Å². The number of ether oxygens (including phenoxy) is 4. The number of morpholine rings is 1. The zero-order valence-electron chi connectivity index (χ0n) is 17.1. The summed E-state index contributed by atoms with van der Waals surface area (Å²) in [6.45, 7) is 7.19. The van der Waals surface area contributed by atoms with Gasteiger partial charge in [-0.05, 0) is 25.8 Å². The molecule has 1 unspecified atom stereocenters. The standard InChI is InChI=1S/C20H41NO4/c1-5-6-7-8-9-10-12-19(20(22-2,23-3)24-4)13-11-14-21-15-17-25-18-16-21/h19H,5-18H2,1-4H3. The summed E-state index contributed by atoms with van der Waals surface area (Å²) in [5.41, 5.74) is 0. The van der Waals surface area contributed by atoms with E-state index in [0.717, 1.165) is 52.1 Å². The van der Waals surface area contributed by atoms with Crippen LogP contribution in [0.25, 0.3) is 0 Å². The number of methoxy groups -OCH3 is 3. The molecule has 1 aliphatic heterocycles. The summed E-state index contributed by atoms with van der Waals surface area (Å²) >= 11 is 0. The maximum atomic E-state index is 5.66. The summed E-state index contributed by atoms with van der Waals surface area (Å²) in [7, 11) is 5.05. The van der Waals surface area contributed by atoms with Crippen molar-refractivity contribution in [3.8, 4) is 0 Å². The van der Waals surface area contributed by atoms with Crippen LogP contribution >= 0.6 is 0 Å². The van der Waals surface area contributed by atoms with Crippen molar-refractivity contribution in [3.05, 3.63) is 0 Å². The minimum atomic E-state index is -0.908. The molecule has 5 heteroatoms. The topological polar surface area (TPSA) is 40.2 Å². The van der Waals surface area contributed by atoms with Gasteiger partial charge in [0.1, 0.15) is 0 Å². The third-order valence-electron chi connectivity index (χ3n) is 5.39. The van der Waals surface area contributed by atoms with Crippen molar-refractivity contribution in [2.75, 3.05) is 54.2 Å². The lowest BCUT2D eigenvalue weighted by Gasteiger charge is -2.37. The molecule has 1 rings (SSSR count). The van der Waals surface area contributed by atoms with Crippen molar-refractivity contribution >= 4 is 0 Å². The summed E-state index contributed by atoms with van der Waals surface area (Å²) in [6.07, 6.45) is 11.1. The number of unbranched alkanes of at least 4 members (excludes halogenated alkanes) is 5. The van der Waals surface area contributed by atoms with Crippen LogP contribution in [-0.2, 0) is 18.9 Å². The number of nitrogens with zero attached hydrogens (tertiary/aromatic N) is 1. The minimum absolute atomic E-state index is 0.264. The molecule has 0 radical (unpaired) electrons. The lowest BCUT2D eigenvalue weighted by Crippen LogP contribution is -2.44. The second kappa shape index (κ2) is 13.9. The fourth-order valence-corrected chi connectivity index (χ4v) is 3.81. The monoisotopic (exact) mass is 359 g/mol. The van der Waals surface area contributed by atoms with E-state index in [4.69, 9.17) is 18.9 Å². The van der Waals surface area contributed by atoms with E-state index in [1.54, 1.807) is 21.3 Å². The molecule has 0 saturated carbocycles. The Morgan fingerprint density at radius 3 is 2.00 bits per heavy atom. The zero-order chi connectivity index (χ0) is 18.4. The molecule has 1 fully saturated rings. The van der Waals surface area contributed by atoms with Gasteiger partial charge < -0.3 is 18.9 Å². The second-order valence-corrected chi connectivity index (χ2v) is 7.07. The van der Waals surface area contributed by atoms with Crippen LogP contribution in [-0.4, -0.2) is 65.1 Å². The third kappa shape index (κ3) is 8.35. The van der Waals surface area contributed by atoms with E-state index in [1.807, 2.05) is 0 Å². The van der Waals surface area contributed by atoms with Crippen LogP contribution in [0.15, 0.2) is 0 Å². The molecule has 0 aromatic rings. The van der Waals surface area contributed by atoms with Crippen LogP contribution in [0, 0.1) is 5.92 Å². The maximum Gasteiger partial charge on any atom is 0.285 e. The van der Waals surface area contributed by atoms with Crippen LogP contribution in [0.5, 0.6) is 0 Å². The van der Waals surface area contributed by atoms with E-state index < -0.39 is 5.97 Å². The Bertz CT molecular complexity index is 296. The van der Waals surface area contributed by atoms with Crippen molar-refractivity contribution in [1.82, 2.24) is 4.90 Å². The van der Waals surface area contributed by atoms with E-state index in [1.165, 1.54) is 38.5 Å². The first kappa shape index (κ1) is 22.8. The normalized spacial score (nSPS) is 17.8. The molecule has 0 amide bonds. The smallest absolute Gasteiger partial charge is 0.285 e.